The number of nitrogens with zero attached hydrogens (tertiary/aromatic N) is 3. The number of carboxylic acid groups (broad SMARTS) is 1. The van der Waals surface area contributed by atoms with Crippen molar-refractivity contribution in [2.24, 2.45) is 0 Å². The second-order valence-corrected chi connectivity index (χ2v) is 6.61. The molecule has 0 saturated heterocycles. The van der Waals surface area contributed by atoms with Crippen LogP contribution in [-0.2, 0) is 4.79 Å². The summed E-state index contributed by atoms with van der Waals surface area (Å²) in [5, 5.41) is 9.60. The van der Waals surface area contributed by atoms with Crippen LogP contribution in [0, 0.1) is 0 Å². The predicted octanol–water partition coefficient (Wildman–Crippen LogP) is 2.25. The molecule has 0 radical (unpaired) electrons. The smallest absolute Gasteiger partial charge is 0.408 e. The van der Waals surface area contributed by atoms with Crippen LogP contribution in [0.1, 0.15) is 20.8 Å². The first-order chi connectivity index (χ1) is 10.1. The fraction of sp³-hybridized carbons (Fsp3) is 0.500. The Hall–Kier alpha value is -2.24. The predicted molar refractivity (Wildman–Crippen MR) is 86.5 cm³/mol. The van der Waals surface area contributed by atoms with E-state index in [1.54, 1.807) is 32.7 Å². The summed E-state index contributed by atoms with van der Waals surface area (Å²) < 4.78 is 0. The second kappa shape index (κ2) is 5.51. The Morgan fingerprint density at radius 1 is 1.23 bits per heavy atom. The molecule has 120 valence electrons. The van der Waals surface area contributed by atoms with Crippen molar-refractivity contribution in [3.8, 4) is 0 Å². The van der Waals surface area contributed by atoms with Gasteiger partial charge in [0.15, 0.2) is 0 Å². The van der Waals surface area contributed by atoms with E-state index in [9.17, 15) is 14.7 Å². The van der Waals surface area contributed by atoms with Crippen LogP contribution < -0.4 is 9.80 Å². The number of rotatable bonds is 1. The molecule has 6 heteroatoms. The number of carbonyl (C=O) groups excluding carboxylic acids is 1. The summed E-state index contributed by atoms with van der Waals surface area (Å²) in [6.45, 7) is 5.72. The molecule has 1 heterocycles. The Balaban J connectivity index is 2.49. The standard InChI is InChI=1S/C16H23N3O3/c1-16(2,3)19(15(21)22)13-10-17(4)11-8-6-7-9-12(11)18(5)14(13)20/h6-9,13H,10H2,1-5H3,(H,21,22). The van der Waals surface area contributed by atoms with E-state index in [1.165, 1.54) is 4.90 Å². The number of hydrogen-bond donors (Lipinski definition) is 1. The average Bonchev–Trinajstić information content (AvgIpc) is 2.50. The highest BCUT2D eigenvalue weighted by atomic mass is 16.4. The molecule has 0 bridgehead atoms. The maximum absolute atomic E-state index is 12.8. The van der Waals surface area contributed by atoms with Crippen LogP contribution in [0.5, 0.6) is 0 Å². The summed E-state index contributed by atoms with van der Waals surface area (Å²) in [5.41, 5.74) is 1.04. The van der Waals surface area contributed by atoms with Gasteiger partial charge in [0, 0.05) is 26.2 Å². The van der Waals surface area contributed by atoms with E-state index in [4.69, 9.17) is 0 Å². The van der Waals surface area contributed by atoms with Gasteiger partial charge in [0.05, 0.1) is 11.4 Å². The molecule has 1 unspecified atom stereocenters. The van der Waals surface area contributed by atoms with Crippen molar-refractivity contribution in [3.63, 3.8) is 0 Å². The summed E-state index contributed by atoms with van der Waals surface area (Å²) in [5.74, 6) is -0.214. The molecule has 0 fully saturated rings. The van der Waals surface area contributed by atoms with Gasteiger partial charge in [0.2, 0.25) is 0 Å². The third-order valence-electron chi connectivity index (χ3n) is 3.96. The molecule has 1 aliphatic heterocycles. The van der Waals surface area contributed by atoms with Gasteiger partial charge in [-0.05, 0) is 32.9 Å². The minimum atomic E-state index is -1.08. The molecule has 0 aromatic heterocycles. The lowest BCUT2D eigenvalue weighted by Crippen LogP contribution is -2.59. The van der Waals surface area contributed by atoms with E-state index in [-0.39, 0.29) is 5.91 Å². The maximum Gasteiger partial charge on any atom is 0.408 e. The average molecular weight is 305 g/mol. The van der Waals surface area contributed by atoms with Crippen molar-refractivity contribution in [2.45, 2.75) is 32.4 Å². The SMILES string of the molecule is CN1CC(N(C(=O)O)C(C)(C)C)C(=O)N(C)c2ccccc21. The third-order valence-corrected chi connectivity index (χ3v) is 3.96. The first-order valence-electron chi connectivity index (χ1n) is 7.24. The van der Waals surface area contributed by atoms with Crippen LogP contribution in [-0.4, -0.2) is 54.2 Å². The van der Waals surface area contributed by atoms with Crippen molar-refractivity contribution in [1.29, 1.82) is 0 Å². The Morgan fingerprint density at radius 3 is 2.27 bits per heavy atom. The van der Waals surface area contributed by atoms with E-state index in [1.807, 2.05) is 36.2 Å². The minimum Gasteiger partial charge on any atom is -0.465 e. The zero-order valence-electron chi connectivity index (χ0n) is 13.7. The molecule has 6 nitrogen and oxygen atoms in total. The Labute approximate surface area is 130 Å². The number of anilines is 2. The molecule has 0 saturated carbocycles. The number of likely N-dealkylation sites (N-methyl/N-ethyl adjacent to an activating group) is 2. The molecule has 2 rings (SSSR count). The summed E-state index contributed by atoms with van der Waals surface area (Å²) >= 11 is 0. The first-order valence-corrected chi connectivity index (χ1v) is 7.24. The summed E-state index contributed by atoms with van der Waals surface area (Å²) in [7, 11) is 3.57. The molecule has 22 heavy (non-hydrogen) atoms. The van der Waals surface area contributed by atoms with Gasteiger partial charge in [-0.2, -0.15) is 0 Å². The van der Waals surface area contributed by atoms with Gasteiger partial charge in [-0.1, -0.05) is 12.1 Å². The quantitative estimate of drug-likeness (QED) is 0.864. The highest BCUT2D eigenvalue weighted by Gasteiger charge is 2.41. The van der Waals surface area contributed by atoms with Crippen molar-refractivity contribution in [1.82, 2.24) is 4.90 Å². The van der Waals surface area contributed by atoms with Crippen molar-refractivity contribution >= 4 is 23.4 Å². The van der Waals surface area contributed by atoms with Gasteiger partial charge in [-0.3, -0.25) is 9.69 Å². The van der Waals surface area contributed by atoms with Crippen LogP contribution in [0.2, 0.25) is 0 Å². The summed E-state index contributed by atoms with van der Waals surface area (Å²) in [4.78, 5) is 29.3. The number of amides is 2. The number of para-hydroxylation sites is 2. The van der Waals surface area contributed by atoms with Crippen LogP contribution in [0.3, 0.4) is 0 Å². The molecule has 1 aliphatic rings. The minimum absolute atomic E-state index is 0.214. The van der Waals surface area contributed by atoms with Gasteiger partial charge < -0.3 is 14.9 Å². The fourth-order valence-electron chi connectivity index (χ4n) is 2.93. The van der Waals surface area contributed by atoms with Crippen molar-refractivity contribution in [3.05, 3.63) is 24.3 Å². The third kappa shape index (κ3) is 2.73. The van der Waals surface area contributed by atoms with Crippen LogP contribution >= 0.6 is 0 Å². The molecular formula is C16H23N3O3. The van der Waals surface area contributed by atoms with Gasteiger partial charge in [0.25, 0.3) is 5.91 Å². The van der Waals surface area contributed by atoms with Crippen molar-refractivity contribution in [2.75, 3.05) is 30.4 Å². The highest BCUT2D eigenvalue weighted by molar-refractivity contribution is 6.02. The number of fused-ring (bicyclic) bond motifs is 1. The Morgan fingerprint density at radius 2 is 1.77 bits per heavy atom. The van der Waals surface area contributed by atoms with E-state index >= 15 is 0 Å². The van der Waals surface area contributed by atoms with Crippen LogP contribution in [0.4, 0.5) is 16.2 Å². The fourth-order valence-corrected chi connectivity index (χ4v) is 2.93. The van der Waals surface area contributed by atoms with E-state index in [0.29, 0.717) is 6.54 Å². The van der Waals surface area contributed by atoms with E-state index in [2.05, 4.69) is 0 Å². The lowest BCUT2D eigenvalue weighted by Gasteiger charge is -2.39. The van der Waals surface area contributed by atoms with Crippen molar-refractivity contribution < 1.29 is 14.7 Å². The molecule has 2 amide bonds. The lowest BCUT2D eigenvalue weighted by atomic mass is 10.0. The number of hydrogen-bond acceptors (Lipinski definition) is 3. The number of benzene rings is 1. The Bertz CT molecular complexity index is 595. The van der Waals surface area contributed by atoms with Gasteiger partial charge in [-0.15, -0.1) is 0 Å². The lowest BCUT2D eigenvalue weighted by molar-refractivity contribution is -0.124. The topological polar surface area (TPSA) is 64.1 Å². The molecule has 1 aromatic rings. The molecule has 1 atom stereocenters. The monoisotopic (exact) mass is 305 g/mol. The zero-order chi connectivity index (χ0) is 16.7. The number of carbonyl (C=O) groups is 2. The van der Waals surface area contributed by atoms with Gasteiger partial charge in [0.1, 0.15) is 6.04 Å². The Kier molecular flexibility index (Phi) is 4.04. The molecule has 1 N–H and O–H groups in total. The van der Waals surface area contributed by atoms with Gasteiger partial charge >= 0.3 is 6.09 Å². The second-order valence-electron chi connectivity index (χ2n) is 6.61. The molecule has 1 aromatic carbocycles. The summed E-state index contributed by atoms with van der Waals surface area (Å²) in [6, 6.07) is 6.83. The van der Waals surface area contributed by atoms with E-state index < -0.39 is 17.7 Å². The molecule has 0 spiro atoms. The molecular weight excluding hydrogens is 282 g/mol. The summed E-state index contributed by atoms with van der Waals surface area (Å²) in [6.07, 6.45) is -1.08. The highest BCUT2D eigenvalue weighted by Crippen LogP contribution is 2.33. The van der Waals surface area contributed by atoms with Crippen LogP contribution in [0.25, 0.3) is 0 Å². The normalized spacial score (nSPS) is 18.8. The van der Waals surface area contributed by atoms with Gasteiger partial charge in [-0.25, -0.2) is 4.79 Å². The maximum atomic E-state index is 12.8. The van der Waals surface area contributed by atoms with Crippen LogP contribution in [0.15, 0.2) is 24.3 Å². The first kappa shape index (κ1) is 16.1. The largest absolute Gasteiger partial charge is 0.465 e. The van der Waals surface area contributed by atoms with E-state index in [0.717, 1.165) is 11.4 Å². The zero-order valence-corrected chi connectivity index (χ0v) is 13.7. The molecule has 0 aliphatic carbocycles.